The highest BCUT2D eigenvalue weighted by molar-refractivity contribution is 5.40. The van der Waals surface area contributed by atoms with E-state index in [0.717, 1.165) is 42.4 Å². The normalized spacial score (nSPS) is 25.0. The van der Waals surface area contributed by atoms with Crippen molar-refractivity contribution in [3.63, 3.8) is 0 Å². The molecular formula is C34H58O. The Labute approximate surface area is 219 Å². The number of ether oxygens (including phenoxy) is 1. The maximum Gasteiger partial charge on any atom is 0.119 e. The Morgan fingerprint density at radius 3 is 1.63 bits per heavy atom. The first-order chi connectivity index (χ1) is 17.2. The van der Waals surface area contributed by atoms with Crippen molar-refractivity contribution in [1.82, 2.24) is 0 Å². The van der Waals surface area contributed by atoms with E-state index in [0.29, 0.717) is 0 Å². The van der Waals surface area contributed by atoms with Gasteiger partial charge in [0.15, 0.2) is 0 Å². The molecule has 3 rings (SSSR count). The third kappa shape index (κ3) is 9.77. The summed E-state index contributed by atoms with van der Waals surface area (Å²) in [6, 6.07) is 7.23. The molecule has 0 amide bonds. The van der Waals surface area contributed by atoms with Gasteiger partial charge >= 0.3 is 0 Å². The average molecular weight is 483 g/mol. The number of unbranched alkanes of at least 4 members (excludes halogenated alkanes) is 7. The molecule has 2 aliphatic rings. The second-order valence-corrected chi connectivity index (χ2v) is 12.1. The summed E-state index contributed by atoms with van der Waals surface area (Å²) in [5, 5.41) is 0. The van der Waals surface area contributed by atoms with E-state index in [1.165, 1.54) is 122 Å². The van der Waals surface area contributed by atoms with Crippen LogP contribution in [0.2, 0.25) is 0 Å². The molecule has 2 fully saturated rings. The lowest BCUT2D eigenvalue weighted by Crippen LogP contribution is -2.18. The van der Waals surface area contributed by atoms with Gasteiger partial charge in [-0.2, -0.15) is 0 Å². The lowest BCUT2D eigenvalue weighted by molar-refractivity contribution is 0.288. The number of hydrogen-bond donors (Lipinski definition) is 0. The van der Waals surface area contributed by atoms with E-state index in [-0.39, 0.29) is 0 Å². The summed E-state index contributed by atoms with van der Waals surface area (Å²) in [6.07, 6.45) is 28.3. The third-order valence-corrected chi connectivity index (χ3v) is 9.29. The van der Waals surface area contributed by atoms with Gasteiger partial charge < -0.3 is 4.74 Å². The first-order valence-electron chi connectivity index (χ1n) is 16.0. The summed E-state index contributed by atoms with van der Waals surface area (Å²) in [6.45, 7) is 7.69. The predicted octanol–water partition coefficient (Wildman–Crippen LogP) is 11.4. The predicted molar refractivity (Wildman–Crippen MR) is 154 cm³/mol. The molecule has 0 radical (unpaired) electrons. The fraction of sp³-hybridized carbons (Fsp3) is 0.824. The van der Waals surface area contributed by atoms with Crippen molar-refractivity contribution in [3.8, 4) is 5.75 Å². The Bertz CT molecular complexity index is 663. The summed E-state index contributed by atoms with van der Waals surface area (Å²) in [7, 11) is 0. The topological polar surface area (TPSA) is 9.23 Å². The fourth-order valence-electron chi connectivity index (χ4n) is 7.01. The van der Waals surface area contributed by atoms with Crippen molar-refractivity contribution >= 4 is 0 Å². The van der Waals surface area contributed by atoms with Gasteiger partial charge in [0.1, 0.15) is 5.75 Å². The van der Waals surface area contributed by atoms with Gasteiger partial charge in [-0.15, -0.1) is 0 Å². The van der Waals surface area contributed by atoms with Crippen LogP contribution in [0.5, 0.6) is 5.75 Å². The summed E-state index contributed by atoms with van der Waals surface area (Å²) in [5.41, 5.74) is 3.37. The maximum atomic E-state index is 6.12. The minimum Gasteiger partial charge on any atom is -0.494 e. The van der Waals surface area contributed by atoms with Gasteiger partial charge in [0.25, 0.3) is 0 Å². The van der Waals surface area contributed by atoms with Crippen LogP contribution in [-0.2, 0) is 0 Å². The molecule has 35 heavy (non-hydrogen) atoms. The second kappa shape index (κ2) is 16.7. The van der Waals surface area contributed by atoms with E-state index >= 15 is 0 Å². The van der Waals surface area contributed by atoms with Crippen molar-refractivity contribution in [1.29, 1.82) is 0 Å². The smallest absolute Gasteiger partial charge is 0.119 e. The molecule has 0 aromatic heterocycles. The molecular weight excluding hydrogens is 424 g/mol. The summed E-state index contributed by atoms with van der Waals surface area (Å²) in [5.74, 6) is 4.64. The molecule has 0 unspecified atom stereocenters. The van der Waals surface area contributed by atoms with Crippen molar-refractivity contribution < 1.29 is 4.74 Å². The van der Waals surface area contributed by atoms with Crippen LogP contribution in [0.15, 0.2) is 18.2 Å². The summed E-state index contributed by atoms with van der Waals surface area (Å²) >= 11 is 0. The molecule has 2 saturated carbocycles. The van der Waals surface area contributed by atoms with Crippen LogP contribution in [-0.4, -0.2) is 6.61 Å². The van der Waals surface area contributed by atoms with E-state index in [1.54, 1.807) is 11.1 Å². The Balaban J connectivity index is 1.56. The van der Waals surface area contributed by atoms with Gasteiger partial charge in [0.2, 0.25) is 0 Å². The highest BCUT2D eigenvalue weighted by Crippen LogP contribution is 2.45. The second-order valence-electron chi connectivity index (χ2n) is 12.1. The van der Waals surface area contributed by atoms with Gasteiger partial charge in [-0.3, -0.25) is 0 Å². The van der Waals surface area contributed by atoms with Crippen LogP contribution in [0.1, 0.15) is 172 Å². The molecule has 1 aromatic rings. The van der Waals surface area contributed by atoms with Crippen LogP contribution in [0.4, 0.5) is 0 Å². The first kappa shape index (κ1) is 28.6. The summed E-state index contributed by atoms with van der Waals surface area (Å²) in [4.78, 5) is 0. The molecule has 0 spiro atoms. The fourth-order valence-corrected chi connectivity index (χ4v) is 7.01. The zero-order valence-corrected chi connectivity index (χ0v) is 23.8. The monoisotopic (exact) mass is 482 g/mol. The zero-order valence-electron chi connectivity index (χ0n) is 23.8. The number of benzene rings is 1. The van der Waals surface area contributed by atoms with Gasteiger partial charge in [-0.05, 0) is 105 Å². The van der Waals surface area contributed by atoms with Crippen LogP contribution >= 0.6 is 0 Å². The van der Waals surface area contributed by atoms with Gasteiger partial charge in [-0.1, -0.05) is 97.5 Å². The molecule has 0 bridgehead atoms. The highest BCUT2D eigenvalue weighted by Gasteiger charge is 2.29. The van der Waals surface area contributed by atoms with Crippen molar-refractivity contribution in [2.75, 3.05) is 6.61 Å². The molecule has 0 N–H and O–H groups in total. The lowest BCUT2D eigenvalue weighted by atomic mass is 9.71. The van der Waals surface area contributed by atoms with Crippen molar-refractivity contribution in [2.45, 2.75) is 161 Å². The third-order valence-electron chi connectivity index (χ3n) is 9.29. The van der Waals surface area contributed by atoms with E-state index < -0.39 is 0 Å². The molecule has 1 aromatic carbocycles. The van der Waals surface area contributed by atoms with E-state index in [1.807, 2.05) is 0 Å². The van der Waals surface area contributed by atoms with Crippen LogP contribution < -0.4 is 4.74 Å². The number of hydrogen-bond acceptors (Lipinski definition) is 1. The first-order valence-corrected chi connectivity index (χ1v) is 16.0. The molecule has 1 nitrogen and oxygen atoms in total. The largest absolute Gasteiger partial charge is 0.494 e. The maximum absolute atomic E-state index is 6.12. The Hall–Kier alpha value is -0.980. The molecule has 2 aliphatic carbocycles. The quantitative estimate of drug-likeness (QED) is 0.213. The molecule has 0 saturated heterocycles. The Kier molecular flexibility index (Phi) is 13.6. The van der Waals surface area contributed by atoms with Crippen LogP contribution in [0.3, 0.4) is 0 Å². The molecule has 200 valence electrons. The van der Waals surface area contributed by atoms with Gasteiger partial charge in [-0.25, -0.2) is 0 Å². The molecule has 0 heterocycles. The zero-order chi connectivity index (χ0) is 24.7. The van der Waals surface area contributed by atoms with E-state index in [2.05, 4.69) is 39.0 Å². The Morgan fingerprint density at radius 2 is 1.09 bits per heavy atom. The standard InChI is InChI=1S/C34H58O/c1-4-7-9-11-13-15-29-18-22-31(23-19-29)34-27-32(35-26-6-3)24-25-33(34)30-20-16-28(17-21-30)14-12-10-8-5-2/h24-25,27-31H,4-23,26H2,1-3H3. The molecule has 0 atom stereocenters. The Morgan fingerprint density at radius 1 is 0.571 bits per heavy atom. The van der Waals surface area contributed by atoms with E-state index in [4.69, 9.17) is 4.74 Å². The van der Waals surface area contributed by atoms with Crippen molar-refractivity contribution in [3.05, 3.63) is 29.3 Å². The van der Waals surface area contributed by atoms with Gasteiger partial charge in [0, 0.05) is 0 Å². The van der Waals surface area contributed by atoms with Gasteiger partial charge in [0.05, 0.1) is 6.61 Å². The SMILES string of the molecule is CCCCCCCC1CCC(c2cc(OCCC)ccc2C2CCC(CCCCCC)CC2)CC1. The van der Waals surface area contributed by atoms with E-state index in [9.17, 15) is 0 Å². The number of rotatable bonds is 16. The molecule has 0 aliphatic heterocycles. The summed E-state index contributed by atoms with van der Waals surface area (Å²) < 4.78 is 6.12. The average Bonchev–Trinajstić information content (AvgIpc) is 2.90. The van der Waals surface area contributed by atoms with Crippen LogP contribution in [0, 0.1) is 11.8 Å². The highest BCUT2D eigenvalue weighted by atomic mass is 16.5. The van der Waals surface area contributed by atoms with Crippen LogP contribution in [0.25, 0.3) is 0 Å². The van der Waals surface area contributed by atoms with Crippen molar-refractivity contribution in [2.24, 2.45) is 11.8 Å². The minimum absolute atomic E-state index is 0.762. The molecule has 1 heteroatoms. The minimum atomic E-state index is 0.762. The lowest BCUT2D eigenvalue weighted by Gasteiger charge is -2.34.